The molecule has 0 saturated carbocycles. The van der Waals surface area contributed by atoms with Crippen molar-refractivity contribution in [2.75, 3.05) is 6.54 Å². The molecule has 0 spiro atoms. The van der Waals surface area contributed by atoms with Crippen LogP contribution < -0.4 is 0 Å². The number of rotatable bonds is 6. The molecule has 0 saturated heterocycles. The highest BCUT2D eigenvalue weighted by molar-refractivity contribution is 6.30. The third-order valence-corrected chi connectivity index (χ3v) is 5.76. The van der Waals surface area contributed by atoms with E-state index in [1.54, 1.807) is 0 Å². The van der Waals surface area contributed by atoms with Gasteiger partial charge in [-0.15, -0.1) is 0 Å². The van der Waals surface area contributed by atoms with E-state index in [9.17, 15) is 0 Å². The molecule has 0 radical (unpaired) electrons. The van der Waals surface area contributed by atoms with Crippen LogP contribution in [0.5, 0.6) is 0 Å². The Morgan fingerprint density at radius 1 is 1.03 bits per heavy atom. The molecule has 1 aliphatic heterocycles. The molecule has 4 rings (SSSR count). The van der Waals surface area contributed by atoms with E-state index in [-0.39, 0.29) is 0 Å². The number of H-pyrrole nitrogens is 1. The number of hydrogen-bond acceptors (Lipinski definition) is 2. The number of halogens is 1. The smallest absolute Gasteiger partial charge is 0.0565 e. The molecule has 0 bridgehead atoms. The molecule has 148 valence electrons. The Morgan fingerprint density at radius 2 is 1.76 bits per heavy atom. The van der Waals surface area contributed by atoms with E-state index in [0.29, 0.717) is 11.8 Å². The predicted molar refractivity (Wildman–Crippen MR) is 121 cm³/mol. The fourth-order valence-corrected chi connectivity index (χ4v) is 3.89. The largest absolute Gasteiger partial charge is 0.355 e. The Labute approximate surface area is 177 Å². The molecule has 2 aromatic carbocycles. The minimum absolute atomic E-state index is 0.313. The Hall–Kier alpha value is -2.78. The second-order valence-corrected chi connectivity index (χ2v) is 8.12. The molecule has 4 heteroatoms. The SMILES string of the molecule is CC1C=CN(CCC(c2ccc(Cl)cc2)c2ccc(-c3cn[nH]c3)cc2)C=CC1. The number of allylic oxidation sites excluding steroid dienone is 2. The number of hydrogen-bond donors (Lipinski definition) is 1. The van der Waals surface area contributed by atoms with Gasteiger partial charge >= 0.3 is 0 Å². The highest BCUT2D eigenvalue weighted by atomic mass is 35.5. The molecule has 3 aromatic rings. The van der Waals surface area contributed by atoms with Gasteiger partial charge in [0.2, 0.25) is 0 Å². The minimum Gasteiger partial charge on any atom is -0.355 e. The number of aromatic nitrogens is 2. The second kappa shape index (κ2) is 9.15. The molecule has 29 heavy (non-hydrogen) atoms. The van der Waals surface area contributed by atoms with Crippen LogP contribution in [0, 0.1) is 5.92 Å². The summed E-state index contributed by atoms with van der Waals surface area (Å²) in [6.45, 7) is 3.22. The molecular formula is C25H26ClN3. The van der Waals surface area contributed by atoms with Crippen LogP contribution in [0.2, 0.25) is 5.02 Å². The summed E-state index contributed by atoms with van der Waals surface area (Å²) in [7, 11) is 0. The van der Waals surface area contributed by atoms with Gasteiger partial charge in [0.15, 0.2) is 0 Å². The first kappa shape index (κ1) is 19.5. The third-order valence-electron chi connectivity index (χ3n) is 5.50. The molecule has 0 aliphatic carbocycles. The fraction of sp³-hybridized carbons (Fsp3) is 0.240. The summed E-state index contributed by atoms with van der Waals surface area (Å²) < 4.78 is 0. The highest BCUT2D eigenvalue weighted by Gasteiger charge is 2.16. The van der Waals surface area contributed by atoms with Crippen molar-refractivity contribution in [3.05, 3.63) is 102 Å². The van der Waals surface area contributed by atoms with Gasteiger partial charge in [-0.05, 0) is 60.0 Å². The minimum atomic E-state index is 0.313. The summed E-state index contributed by atoms with van der Waals surface area (Å²) in [6.07, 6.45) is 14.9. The quantitative estimate of drug-likeness (QED) is 0.501. The maximum Gasteiger partial charge on any atom is 0.0565 e. The van der Waals surface area contributed by atoms with Crippen molar-refractivity contribution in [1.29, 1.82) is 0 Å². The molecule has 3 nitrogen and oxygen atoms in total. The van der Waals surface area contributed by atoms with Crippen LogP contribution in [0.4, 0.5) is 0 Å². The summed E-state index contributed by atoms with van der Waals surface area (Å²) >= 11 is 6.14. The van der Waals surface area contributed by atoms with Crippen LogP contribution in [0.1, 0.15) is 36.8 Å². The first-order valence-corrected chi connectivity index (χ1v) is 10.5. The molecule has 2 heterocycles. The molecule has 2 atom stereocenters. The van der Waals surface area contributed by atoms with E-state index in [4.69, 9.17) is 11.6 Å². The zero-order valence-electron chi connectivity index (χ0n) is 16.6. The van der Waals surface area contributed by atoms with E-state index < -0.39 is 0 Å². The third kappa shape index (κ3) is 4.99. The van der Waals surface area contributed by atoms with E-state index >= 15 is 0 Å². The molecule has 1 aromatic heterocycles. The average Bonchev–Trinajstić information content (AvgIpc) is 3.20. The zero-order valence-corrected chi connectivity index (χ0v) is 17.4. The Balaban J connectivity index is 1.57. The highest BCUT2D eigenvalue weighted by Crippen LogP contribution is 2.31. The van der Waals surface area contributed by atoms with Gasteiger partial charge in [0, 0.05) is 29.2 Å². The van der Waals surface area contributed by atoms with Crippen molar-refractivity contribution in [1.82, 2.24) is 15.1 Å². The Bertz CT molecular complexity index is 956. The van der Waals surface area contributed by atoms with Crippen molar-refractivity contribution < 1.29 is 0 Å². The fourth-order valence-electron chi connectivity index (χ4n) is 3.76. The summed E-state index contributed by atoms with van der Waals surface area (Å²) in [4.78, 5) is 2.30. The lowest BCUT2D eigenvalue weighted by atomic mass is 9.87. The first-order valence-electron chi connectivity index (χ1n) is 10.1. The van der Waals surface area contributed by atoms with E-state index in [0.717, 1.165) is 30.0 Å². The van der Waals surface area contributed by atoms with Crippen LogP contribution in [0.15, 0.2) is 85.5 Å². The lowest BCUT2D eigenvalue weighted by molar-refractivity contribution is 0.472. The zero-order chi connectivity index (χ0) is 20.1. The summed E-state index contributed by atoms with van der Waals surface area (Å²) in [6, 6.07) is 17.1. The topological polar surface area (TPSA) is 31.9 Å². The molecule has 2 unspecified atom stereocenters. The van der Waals surface area contributed by atoms with Crippen LogP contribution in [-0.2, 0) is 0 Å². The molecule has 0 fully saturated rings. The normalized spacial score (nSPS) is 17.3. The summed E-state index contributed by atoms with van der Waals surface area (Å²) in [5.41, 5.74) is 4.88. The number of benzene rings is 2. The maximum atomic E-state index is 6.14. The van der Waals surface area contributed by atoms with Crippen molar-refractivity contribution >= 4 is 11.6 Å². The van der Waals surface area contributed by atoms with Gasteiger partial charge in [0.1, 0.15) is 0 Å². The van der Waals surface area contributed by atoms with Gasteiger partial charge in [-0.25, -0.2) is 0 Å². The predicted octanol–water partition coefficient (Wildman–Crippen LogP) is 6.62. The van der Waals surface area contributed by atoms with Crippen molar-refractivity contribution in [3.63, 3.8) is 0 Å². The summed E-state index contributed by atoms with van der Waals surface area (Å²) in [5.74, 6) is 0.909. The van der Waals surface area contributed by atoms with Crippen LogP contribution in [0.25, 0.3) is 11.1 Å². The summed E-state index contributed by atoms with van der Waals surface area (Å²) in [5, 5.41) is 7.70. The van der Waals surface area contributed by atoms with Gasteiger partial charge < -0.3 is 4.90 Å². The van der Waals surface area contributed by atoms with Gasteiger partial charge in [-0.3, -0.25) is 5.10 Å². The molecule has 1 aliphatic rings. The Morgan fingerprint density at radius 3 is 2.45 bits per heavy atom. The monoisotopic (exact) mass is 403 g/mol. The molecular weight excluding hydrogens is 378 g/mol. The van der Waals surface area contributed by atoms with Crippen LogP contribution in [-0.4, -0.2) is 21.6 Å². The first-order chi connectivity index (χ1) is 14.2. The number of nitrogens with one attached hydrogen (secondary N) is 1. The molecule has 0 amide bonds. The van der Waals surface area contributed by atoms with E-state index in [1.165, 1.54) is 16.7 Å². The second-order valence-electron chi connectivity index (χ2n) is 7.68. The van der Waals surface area contributed by atoms with Gasteiger partial charge in [0.25, 0.3) is 0 Å². The lowest BCUT2D eigenvalue weighted by Crippen LogP contribution is -2.15. The van der Waals surface area contributed by atoms with Crippen molar-refractivity contribution in [2.45, 2.75) is 25.7 Å². The van der Waals surface area contributed by atoms with Crippen LogP contribution in [0.3, 0.4) is 0 Å². The lowest BCUT2D eigenvalue weighted by Gasteiger charge is -2.22. The van der Waals surface area contributed by atoms with E-state index in [1.807, 2.05) is 24.5 Å². The van der Waals surface area contributed by atoms with Crippen molar-refractivity contribution in [3.8, 4) is 11.1 Å². The molecule has 1 N–H and O–H groups in total. The van der Waals surface area contributed by atoms with E-state index in [2.05, 4.69) is 83.0 Å². The average molecular weight is 404 g/mol. The van der Waals surface area contributed by atoms with Crippen LogP contribution >= 0.6 is 11.6 Å². The number of nitrogens with zero attached hydrogens (tertiary/aromatic N) is 2. The Kier molecular flexibility index (Phi) is 6.16. The van der Waals surface area contributed by atoms with Crippen molar-refractivity contribution in [2.24, 2.45) is 5.92 Å². The van der Waals surface area contributed by atoms with Gasteiger partial charge in [-0.1, -0.05) is 67.1 Å². The number of aromatic amines is 1. The van der Waals surface area contributed by atoms with Gasteiger partial charge in [-0.2, -0.15) is 5.10 Å². The van der Waals surface area contributed by atoms with Gasteiger partial charge in [0.05, 0.1) is 6.20 Å². The maximum absolute atomic E-state index is 6.14. The standard InChI is InChI=1S/C25H26ClN3/c1-19-3-2-14-29(15-12-19)16-13-25(22-8-10-24(26)11-9-22)21-6-4-20(5-7-21)23-17-27-28-18-23/h2,4-12,14-15,17-19,25H,3,13,16H2,1H3,(H,27,28).